The van der Waals surface area contributed by atoms with Crippen LogP contribution in [0, 0.1) is 11.3 Å². The molecular formula is C23H21ClN4O3S2. The van der Waals surface area contributed by atoms with Crippen molar-refractivity contribution in [1.82, 2.24) is 4.90 Å². The molecule has 1 aromatic heterocycles. The van der Waals surface area contributed by atoms with Crippen molar-refractivity contribution in [2.24, 2.45) is 5.14 Å². The smallest absolute Gasteiger partial charge is 0.238 e. The maximum atomic E-state index is 12.6. The number of nitrogens with two attached hydrogens (primary N) is 1. The highest BCUT2D eigenvalue weighted by Crippen LogP contribution is 2.37. The summed E-state index contributed by atoms with van der Waals surface area (Å²) < 4.78 is 22.8. The highest BCUT2D eigenvalue weighted by molar-refractivity contribution is 7.89. The van der Waals surface area contributed by atoms with Gasteiger partial charge in [-0.25, -0.2) is 13.6 Å². The summed E-state index contributed by atoms with van der Waals surface area (Å²) in [6.07, 6.45) is 0.779. The van der Waals surface area contributed by atoms with E-state index in [1.165, 1.54) is 23.5 Å². The Morgan fingerprint density at radius 1 is 1.21 bits per heavy atom. The Balaban J connectivity index is 1.45. The maximum absolute atomic E-state index is 12.6. The summed E-state index contributed by atoms with van der Waals surface area (Å²) in [6, 6.07) is 15.8. The van der Waals surface area contributed by atoms with Gasteiger partial charge in [0, 0.05) is 29.5 Å². The number of nitrogens with zero attached hydrogens (tertiary/aromatic N) is 2. The first-order valence-corrected chi connectivity index (χ1v) is 12.9. The van der Waals surface area contributed by atoms with Gasteiger partial charge in [0.15, 0.2) is 0 Å². The number of halogens is 1. The van der Waals surface area contributed by atoms with E-state index in [1.807, 2.05) is 24.3 Å². The molecule has 0 saturated carbocycles. The van der Waals surface area contributed by atoms with Gasteiger partial charge in [-0.05, 0) is 41.3 Å². The number of sulfonamides is 1. The van der Waals surface area contributed by atoms with Crippen molar-refractivity contribution in [3.05, 3.63) is 80.7 Å². The first-order valence-electron chi connectivity index (χ1n) is 10.2. The zero-order valence-corrected chi connectivity index (χ0v) is 19.9. The highest BCUT2D eigenvalue weighted by atomic mass is 35.5. The number of nitriles is 1. The Bertz CT molecular complexity index is 1350. The van der Waals surface area contributed by atoms with Crippen LogP contribution in [0.15, 0.2) is 53.4 Å². The Morgan fingerprint density at radius 3 is 2.61 bits per heavy atom. The van der Waals surface area contributed by atoms with Crippen molar-refractivity contribution in [3.63, 3.8) is 0 Å². The zero-order chi connectivity index (χ0) is 23.6. The SMILES string of the molecule is N#Cc1c(NC(=O)Cc2ccc(S(N)(=O)=O)cc2)sc2c1CCN(Cc1ccccc1Cl)C2. The van der Waals surface area contributed by atoms with Gasteiger partial charge in [-0.3, -0.25) is 9.69 Å². The molecule has 0 radical (unpaired) electrons. The molecule has 1 aliphatic rings. The third-order valence-corrected chi connectivity index (χ3v) is 7.90. The number of amides is 1. The van der Waals surface area contributed by atoms with E-state index in [0.717, 1.165) is 40.5 Å². The topological polar surface area (TPSA) is 116 Å². The molecule has 7 nitrogen and oxygen atoms in total. The first kappa shape index (κ1) is 23.4. The lowest BCUT2D eigenvalue weighted by atomic mass is 10.0. The second kappa shape index (κ2) is 9.63. The molecule has 33 heavy (non-hydrogen) atoms. The number of thiophene rings is 1. The van der Waals surface area contributed by atoms with Gasteiger partial charge >= 0.3 is 0 Å². The lowest BCUT2D eigenvalue weighted by Crippen LogP contribution is -2.29. The number of primary sulfonamides is 1. The predicted molar refractivity (Wildman–Crippen MR) is 128 cm³/mol. The molecular weight excluding hydrogens is 480 g/mol. The molecule has 0 unspecified atom stereocenters. The van der Waals surface area contributed by atoms with E-state index in [-0.39, 0.29) is 17.2 Å². The Kier molecular flexibility index (Phi) is 6.83. The summed E-state index contributed by atoms with van der Waals surface area (Å²) in [5, 5.41) is 19.0. The molecule has 1 amide bonds. The summed E-state index contributed by atoms with van der Waals surface area (Å²) in [4.78, 5) is 15.9. The van der Waals surface area contributed by atoms with Crippen LogP contribution in [0.25, 0.3) is 0 Å². The Morgan fingerprint density at radius 2 is 1.94 bits per heavy atom. The average Bonchev–Trinajstić information content (AvgIpc) is 3.11. The lowest BCUT2D eigenvalue weighted by molar-refractivity contribution is -0.115. The van der Waals surface area contributed by atoms with Gasteiger partial charge < -0.3 is 5.32 Å². The maximum Gasteiger partial charge on any atom is 0.238 e. The number of hydrogen-bond acceptors (Lipinski definition) is 6. The van der Waals surface area contributed by atoms with Gasteiger partial charge in [-0.2, -0.15) is 5.26 Å². The summed E-state index contributed by atoms with van der Waals surface area (Å²) in [6.45, 7) is 2.20. The number of carbonyl (C=O) groups is 1. The normalized spacial score (nSPS) is 13.8. The molecule has 3 N–H and O–H groups in total. The van der Waals surface area contributed by atoms with Crippen LogP contribution in [-0.4, -0.2) is 25.8 Å². The van der Waals surface area contributed by atoms with E-state index >= 15 is 0 Å². The zero-order valence-electron chi connectivity index (χ0n) is 17.5. The van der Waals surface area contributed by atoms with E-state index in [9.17, 15) is 18.5 Å². The quantitative estimate of drug-likeness (QED) is 0.535. The number of carbonyl (C=O) groups excluding carboxylic acids is 1. The second-order valence-electron chi connectivity index (χ2n) is 7.79. The van der Waals surface area contributed by atoms with E-state index in [4.69, 9.17) is 16.7 Å². The van der Waals surface area contributed by atoms with Gasteiger partial charge in [0.25, 0.3) is 0 Å². The highest BCUT2D eigenvalue weighted by Gasteiger charge is 2.25. The molecule has 4 rings (SSSR count). The molecule has 10 heteroatoms. The largest absolute Gasteiger partial charge is 0.316 e. The third kappa shape index (κ3) is 5.43. The molecule has 2 aromatic carbocycles. The van der Waals surface area contributed by atoms with Crippen LogP contribution in [0.5, 0.6) is 0 Å². The molecule has 0 saturated heterocycles. The number of rotatable bonds is 6. The van der Waals surface area contributed by atoms with Crippen LogP contribution in [-0.2, 0) is 40.7 Å². The molecule has 3 aromatic rings. The van der Waals surface area contributed by atoms with Crippen molar-refractivity contribution in [3.8, 4) is 6.07 Å². The number of nitrogens with one attached hydrogen (secondary N) is 1. The summed E-state index contributed by atoms with van der Waals surface area (Å²) in [7, 11) is -3.78. The van der Waals surface area contributed by atoms with Crippen molar-refractivity contribution in [2.45, 2.75) is 30.8 Å². The van der Waals surface area contributed by atoms with E-state index < -0.39 is 10.0 Å². The van der Waals surface area contributed by atoms with Crippen LogP contribution in [0.3, 0.4) is 0 Å². The predicted octanol–water partition coefficient (Wildman–Crippen LogP) is 3.66. The number of benzene rings is 2. The summed E-state index contributed by atoms with van der Waals surface area (Å²) >= 11 is 7.72. The minimum Gasteiger partial charge on any atom is -0.316 e. The van der Waals surface area contributed by atoms with Gasteiger partial charge in [0.1, 0.15) is 11.1 Å². The number of anilines is 1. The minimum absolute atomic E-state index is 0.00861. The number of hydrogen-bond donors (Lipinski definition) is 2. The standard InChI is InChI=1S/C23H21ClN4O3S2/c24-20-4-2-1-3-16(20)13-28-10-9-18-19(12-25)23(32-21(18)14-28)27-22(29)11-15-5-7-17(8-6-15)33(26,30)31/h1-8H,9-11,13-14H2,(H,27,29)(H2,26,30,31). The summed E-state index contributed by atoms with van der Waals surface area (Å²) in [5.41, 5.74) is 3.21. The number of fused-ring (bicyclic) bond motifs is 1. The second-order valence-corrected chi connectivity index (χ2v) is 10.9. The summed E-state index contributed by atoms with van der Waals surface area (Å²) in [5.74, 6) is -0.277. The minimum atomic E-state index is -3.78. The molecule has 1 aliphatic heterocycles. The molecule has 0 aliphatic carbocycles. The lowest BCUT2D eigenvalue weighted by Gasteiger charge is -2.27. The van der Waals surface area contributed by atoms with Gasteiger partial charge in [-0.1, -0.05) is 41.9 Å². The Hall–Kier alpha value is -2.74. The van der Waals surface area contributed by atoms with Crippen molar-refractivity contribution in [1.29, 1.82) is 5.26 Å². The molecule has 2 heterocycles. The van der Waals surface area contributed by atoms with Gasteiger partial charge in [0.05, 0.1) is 16.9 Å². The van der Waals surface area contributed by atoms with Crippen molar-refractivity contribution >= 4 is 43.9 Å². The van der Waals surface area contributed by atoms with Gasteiger partial charge in [0.2, 0.25) is 15.9 Å². The van der Waals surface area contributed by atoms with Crippen LogP contribution in [0.4, 0.5) is 5.00 Å². The fraction of sp³-hybridized carbons (Fsp3) is 0.217. The molecule has 0 fully saturated rings. The fourth-order valence-electron chi connectivity index (χ4n) is 3.82. The van der Waals surface area contributed by atoms with E-state index in [1.54, 1.807) is 12.1 Å². The van der Waals surface area contributed by atoms with Crippen LogP contribution in [0.2, 0.25) is 5.02 Å². The Labute approximate surface area is 201 Å². The monoisotopic (exact) mass is 500 g/mol. The molecule has 0 spiro atoms. The van der Waals surface area contributed by atoms with E-state index in [2.05, 4.69) is 16.3 Å². The van der Waals surface area contributed by atoms with Crippen LogP contribution in [0.1, 0.15) is 27.1 Å². The van der Waals surface area contributed by atoms with Crippen molar-refractivity contribution < 1.29 is 13.2 Å². The third-order valence-electron chi connectivity index (χ3n) is 5.47. The van der Waals surface area contributed by atoms with Gasteiger partial charge in [-0.15, -0.1) is 11.3 Å². The van der Waals surface area contributed by atoms with Crippen molar-refractivity contribution in [2.75, 3.05) is 11.9 Å². The molecule has 0 atom stereocenters. The molecule has 0 bridgehead atoms. The van der Waals surface area contributed by atoms with Crippen LogP contribution < -0.4 is 10.5 Å². The molecule has 170 valence electrons. The van der Waals surface area contributed by atoms with Crippen LogP contribution >= 0.6 is 22.9 Å². The first-order chi connectivity index (χ1) is 15.7. The van der Waals surface area contributed by atoms with E-state index in [0.29, 0.717) is 22.7 Å². The average molecular weight is 501 g/mol. The fourth-order valence-corrected chi connectivity index (χ4v) is 5.79.